The summed E-state index contributed by atoms with van der Waals surface area (Å²) in [6.07, 6.45) is -1.76. The van der Waals surface area contributed by atoms with Crippen LogP contribution in [0.15, 0.2) is 29.3 Å². The van der Waals surface area contributed by atoms with E-state index in [0.29, 0.717) is 47.6 Å². The van der Waals surface area contributed by atoms with Crippen LogP contribution in [0.3, 0.4) is 0 Å². The molecule has 6 rings (SSSR count). The standard InChI is InChI=1S/C21H24F3N3O/c22-21(23,24)10-3-1-2-9(4-10)7-26-19(25)27-8-20(28)17-12-6-13-15-11(12)5-14(17)16(15)18(13)20/h1-4,11-18,28H,5-8H2,(H3,25,26,27). The monoisotopic (exact) mass is 391 g/mol. The highest BCUT2D eigenvalue weighted by atomic mass is 19.4. The topological polar surface area (TPSA) is 70.6 Å². The van der Waals surface area contributed by atoms with Crippen molar-refractivity contribution in [1.29, 1.82) is 0 Å². The summed E-state index contributed by atoms with van der Waals surface area (Å²) >= 11 is 0. The van der Waals surface area contributed by atoms with Crippen LogP contribution in [0.2, 0.25) is 0 Å². The van der Waals surface area contributed by atoms with Crippen LogP contribution in [0, 0.1) is 47.3 Å². The molecule has 150 valence electrons. The molecule has 7 heteroatoms. The summed E-state index contributed by atoms with van der Waals surface area (Å²) in [6, 6.07) is 5.13. The zero-order chi connectivity index (χ0) is 19.4. The van der Waals surface area contributed by atoms with Crippen molar-refractivity contribution in [3.63, 3.8) is 0 Å². The number of rotatable bonds is 4. The maximum atomic E-state index is 12.8. The van der Waals surface area contributed by atoms with Gasteiger partial charge in [-0.1, -0.05) is 12.1 Å². The van der Waals surface area contributed by atoms with Crippen LogP contribution in [0.1, 0.15) is 24.0 Å². The summed E-state index contributed by atoms with van der Waals surface area (Å²) < 4.78 is 38.5. The van der Waals surface area contributed by atoms with Gasteiger partial charge in [-0.3, -0.25) is 0 Å². The lowest BCUT2D eigenvalue weighted by atomic mass is 9.56. The Kier molecular flexibility index (Phi) is 3.20. The van der Waals surface area contributed by atoms with Gasteiger partial charge < -0.3 is 16.2 Å². The van der Waals surface area contributed by atoms with Crippen LogP contribution in [-0.4, -0.2) is 23.2 Å². The molecule has 9 atom stereocenters. The van der Waals surface area contributed by atoms with E-state index < -0.39 is 17.3 Å². The molecular weight excluding hydrogens is 367 g/mol. The van der Waals surface area contributed by atoms with Gasteiger partial charge in [-0.05, 0) is 77.9 Å². The molecule has 0 amide bonds. The fourth-order valence-electron chi connectivity index (χ4n) is 8.27. The third kappa shape index (κ3) is 1.98. The zero-order valence-electron chi connectivity index (χ0n) is 15.4. The second-order valence-electron chi connectivity index (χ2n) is 9.58. The van der Waals surface area contributed by atoms with Gasteiger partial charge in [0.1, 0.15) is 0 Å². The highest BCUT2D eigenvalue weighted by Gasteiger charge is 2.84. The molecule has 28 heavy (non-hydrogen) atoms. The van der Waals surface area contributed by atoms with E-state index in [1.807, 2.05) is 0 Å². The quantitative estimate of drug-likeness (QED) is 0.546. The zero-order valence-corrected chi connectivity index (χ0v) is 15.4. The summed E-state index contributed by atoms with van der Waals surface area (Å²) in [5.41, 5.74) is 5.05. The third-order valence-electron chi connectivity index (χ3n) is 8.76. The van der Waals surface area contributed by atoms with Crippen molar-refractivity contribution in [3.8, 4) is 0 Å². The summed E-state index contributed by atoms with van der Waals surface area (Å²) in [7, 11) is 0. The van der Waals surface area contributed by atoms with Crippen molar-refractivity contribution < 1.29 is 18.3 Å². The first-order chi connectivity index (χ1) is 13.3. The Morgan fingerprint density at radius 1 is 1.14 bits per heavy atom. The van der Waals surface area contributed by atoms with Gasteiger partial charge >= 0.3 is 6.18 Å². The Morgan fingerprint density at radius 2 is 1.89 bits per heavy atom. The van der Waals surface area contributed by atoms with E-state index >= 15 is 0 Å². The molecule has 0 radical (unpaired) electrons. The fourth-order valence-corrected chi connectivity index (χ4v) is 8.27. The number of aliphatic imine (C=N–C) groups is 1. The molecule has 2 bridgehead atoms. The van der Waals surface area contributed by atoms with Crippen molar-refractivity contribution in [2.24, 2.45) is 58.1 Å². The number of aliphatic hydroxyl groups is 1. The fraction of sp³-hybridized carbons (Fsp3) is 0.667. The van der Waals surface area contributed by atoms with Crippen molar-refractivity contribution in [2.75, 3.05) is 6.54 Å². The Labute approximate surface area is 161 Å². The van der Waals surface area contributed by atoms with Gasteiger partial charge in [0.25, 0.3) is 0 Å². The van der Waals surface area contributed by atoms with Crippen LogP contribution in [0.4, 0.5) is 13.2 Å². The van der Waals surface area contributed by atoms with Gasteiger partial charge in [0.2, 0.25) is 0 Å². The summed E-state index contributed by atoms with van der Waals surface area (Å²) in [5, 5.41) is 14.6. The van der Waals surface area contributed by atoms with Crippen LogP contribution in [0.5, 0.6) is 0 Å². The normalized spacial score (nSPS) is 47.1. The van der Waals surface area contributed by atoms with Gasteiger partial charge in [-0.25, -0.2) is 4.99 Å². The molecule has 5 aliphatic carbocycles. The van der Waals surface area contributed by atoms with E-state index in [4.69, 9.17) is 5.73 Å². The molecule has 5 aliphatic rings. The molecule has 9 unspecified atom stereocenters. The van der Waals surface area contributed by atoms with Crippen molar-refractivity contribution in [3.05, 3.63) is 35.4 Å². The first-order valence-corrected chi connectivity index (χ1v) is 10.2. The molecule has 4 N–H and O–H groups in total. The lowest BCUT2D eigenvalue weighted by molar-refractivity contribution is -0.137. The molecular formula is C21H24F3N3O. The molecule has 5 fully saturated rings. The third-order valence-corrected chi connectivity index (χ3v) is 8.76. The molecule has 0 spiro atoms. The molecule has 0 aromatic heterocycles. The summed E-state index contributed by atoms with van der Waals surface area (Å²) in [6.45, 7) is 0.481. The van der Waals surface area contributed by atoms with Gasteiger partial charge in [-0.2, -0.15) is 13.2 Å². The van der Waals surface area contributed by atoms with Crippen LogP contribution < -0.4 is 11.1 Å². The van der Waals surface area contributed by atoms with E-state index in [1.165, 1.54) is 18.9 Å². The lowest BCUT2D eigenvalue weighted by Crippen LogP contribution is -2.59. The highest BCUT2D eigenvalue weighted by Crippen LogP contribution is 2.85. The van der Waals surface area contributed by atoms with Crippen molar-refractivity contribution in [2.45, 2.75) is 31.2 Å². The number of guanidine groups is 1. The molecule has 1 aromatic rings. The number of fused-ring (bicyclic) bond motifs is 2. The Balaban J connectivity index is 1.13. The number of halogens is 3. The van der Waals surface area contributed by atoms with Crippen LogP contribution in [-0.2, 0) is 12.7 Å². The van der Waals surface area contributed by atoms with E-state index in [1.54, 1.807) is 6.07 Å². The van der Waals surface area contributed by atoms with Gasteiger partial charge in [0.15, 0.2) is 5.96 Å². The van der Waals surface area contributed by atoms with E-state index in [2.05, 4.69) is 10.3 Å². The highest BCUT2D eigenvalue weighted by molar-refractivity contribution is 5.78. The minimum absolute atomic E-state index is 0.0781. The first kappa shape index (κ1) is 17.1. The molecule has 0 aliphatic heterocycles. The molecule has 0 saturated heterocycles. The van der Waals surface area contributed by atoms with Gasteiger partial charge in [-0.15, -0.1) is 0 Å². The number of hydrogen-bond acceptors (Lipinski definition) is 2. The number of nitrogens with two attached hydrogens (primary N) is 1. The Morgan fingerprint density at radius 3 is 2.68 bits per heavy atom. The van der Waals surface area contributed by atoms with Crippen molar-refractivity contribution in [1.82, 2.24) is 5.32 Å². The maximum absolute atomic E-state index is 12.8. The molecule has 0 heterocycles. The second kappa shape index (κ2) is 5.23. The Hall–Kier alpha value is -1.76. The lowest BCUT2D eigenvalue weighted by Gasteiger charge is -2.51. The second-order valence-corrected chi connectivity index (χ2v) is 9.58. The van der Waals surface area contributed by atoms with E-state index in [0.717, 1.165) is 24.0 Å². The van der Waals surface area contributed by atoms with Crippen molar-refractivity contribution >= 4 is 5.96 Å². The first-order valence-electron chi connectivity index (χ1n) is 10.2. The Bertz CT molecular complexity index is 865. The number of hydrogen-bond donors (Lipinski definition) is 3. The average molecular weight is 391 g/mol. The average Bonchev–Trinajstić information content (AvgIpc) is 3.17. The van der Waals surface area contributed by atoms with Crippen LogP contribution >= 0.6 is 0 Å². The predicted molar refractivity (Wildman–Crippen MR) is 96.9 cm³/mol. The SMILES string of the molecule is NC(=NCc1cccc(C(F)(F)F)c1)NCC1(O)C2C3CC4C5C3CC2C5C41. The number of alkyl halides is 3. The van der Waals surface area contributed by atoms with E-state index in [-0.39, 0.29) is 12.5 Å². The van der Waals surface area contributed by atoms with Gasteiger partial charge in [0.05, 0.1) is 17.7 Å². The number of benzene rings is 1. The van der Waals surface area contributed by atoms with Gasteiger partial charge in [0, 0.05) is 6.54 Å². The minimum atomic E-state index is -4.37. The van der Waals surface area contributed by atoms with E-state index in [9.17, 15) is 18.3 Å². The summed E-state index contributed by atoms with van der Waals surface area (Å²) in [5.74, 6) is 5.49. The minimum Gasteiger partial charge on any atom is -0.387 e. The maximum Gasteiger partial charge on any atom is 0.416 e. The summed E-state index contributed by atoms with van der Waals surface area (Å²) in [4.78, 5) is 4.20. The molecule has 5 saturated carbocycles. The smallest absolute Gasteiger partial charge is 0.387 e. The number of nitrogens with zero attached hydrogens (tertiary/aromatic N) is 1. The molecule has 1 aromatic carbocycles. The number of nitrogens with one attached hydrogen (secondary N) is 1. The predicted octanol–water partition coefficient (Wildman–Crippen LogP) is 2.62. The molecule has 4 nitrogen and oxygen atoms in total. The largest absolute Gasteiger partial charge is 0.416 e. The van der Waals surface area contributed by atoms with Crippen LogP contribution in [0.25, 0.3) is 0 Å².